The second-order valence-electron chi connectivity index (χ2n) is 11.2. The summed E-state index contributed by atoms with van der Waals surface area (Å²) >= 11 is 6.49. The number of amides is 1. The second-order valence-corrected chi connectivity index (χ2v) is 11.7. The number of halogens is 1. The molecule has 6 heteroatoms. The van der Waals surface area contributed by atoms with E-state index in [1.165, 1.54) is 22.3 Å². The number of carbonyl (C=O) groups is 1. The van der Waals surface area contributed by atoms with E-state index in [-0.39, 0.29) is 12.0 Å². The van der Waals surface area contributed by atoms with Crippen LogP contribution in [0, 0.1) is 5.92 Å². The van der Waals surface area contributed by atoms with Crippen molar-refractivity contribution >= 4 is 35.6 Å². The molecule has 4 rings (SSSR count). The number of rotatable bonds is 7. The molecule has 0 saturated carbocycles. The number of likely N-dealkylation sites (tertiary alicyclic amines) is 1. The number of benzene rings is 1. The van der Waals surface area contributed by atoms with Crippen LogP contribution in [-0.4, -0.2) is 40.9 Å². The molecule has 38 heavy (non-hydrogen) atoms. The molecule has 2 aromatic rings. The fraction of sp³-hybridized carbons (Fsp3) is 0.469. The number of carbonyl (C=O) groups excluding carboxylic acids is 1. The first-order chi connectivity index (χ1) is 18.3. The third-order valence-corrected chi connectivity index (χ3v) is 7.46. The highest BCUT2D eigenvalue weighted by Crippen LogP contribution is 2.45. The minimum atomic E-state index is -0.488. The number of aliphatic imine (C=N–C) groups is 1. The average Bonchev–Trinajstić information content (AvgIpc) is 3.01. The number of pyridine rings is 1. The molecule has 1 aliphatic carbocycles. The first kappa shape index (κ1) is 28.1. The van der Waals surface area contributed by atoms with Gasteiger partial charge in [-0.1, -0.05) is 35.9 Å². The number of fused-ring (bicyclic) bond motifs is 2. The molecule has 2 heterocycles. The summed E-state index contributed by atoms with van der Waals surface area (Å²) in [6, 6.07) is 10.5. The van der Waals surface area contributed by atoms with Gasteiger partial charge in [-0.05, 0) is 113 Å². The highest BCUT2D eigenvalue weighted by atomic mass is 35.5. The van der Waals surface area contributed by atoms with Crippen LogP contribution < -0.4 is 0 Å². The number of piperidine rings is 1. The van der Waals surface area contributed by atoms with E-state index in [4.69, 9.17) is 21.3 Å². The van der Waals surface area contributed by atoms with Crippen LogP contribution in [0.25, 0.3) is 11.6 Å². The Morgan fingerprint density at radius 3 is 2.74 bits per heavy atom. The number of aromatic nitrogens is 1. The summed E-state index contributed by atoms with van der Waals surface area (Å²) in [7, 11) is 0. The van der Waals surface area contributed by atoms with Crippen molar-refractivity contribution in [3.05, 3.63) is 76.2 Å². The first-order valence-electron chi connectivity index (χ1n) is 13.8. The third-order valence-electron chi connectivity index (χ3n) is 7.23. The highest BCUT2D eigenvalue weighted by molar-refractivity contribution is 6.30. The van der Waals surface area contributed by atoms with Crippen molar-refractivity contribution in [2.24, 2.45) is 10.9 Å². The van der Waals surface area contributed by atoms with E-state index >= 15 is 0 Å². The number of unbranched alkanes of at least 4 members (excludes halogenated alkanes) is 2. The van der Waals surface area contributed by atoms with Crippen molar-refractivity contribution in [2.75, 3.05) is 13.1 Å². The summed E-state index contributed by atoms with van der Waals surface area (Å²) in [6.45, 7) is 9.09. The van der Waals surface area contributed by atoms with Gasteiger partial charge in [-0.3, -0.25) is 9.98 Å². The Balaban J connectivity index is 1.58. The molecular formula is C32H40ClN3O2. The summed E-state index contributed by atoms with van der Waals surface area (Å²) < 4.78 is 5.63. The molecule has 1 fully saturated rings. The summed E-state index contributed by atoms with van der Waals surface area (Å²) in [6.07, 6.45) is 15.7. The van der Waals surface area contributed by atoms with Gasteiger partial charge in [0.1, 0.15) is 5.60 Å². The zero-order chi connectivity index (χ0) is 27.1. The van der Waals surface area contributed by atoms with Gasteiger partial charge >= 0.3 is 6.09 Å². The van der Waals surface area contributed by atoms with Crippen molar-refractivity contribution in [1.82, 2.24) is 9.88 Å². The highest BCUT2D eigenvalue weighted by Gasteiger charge is 2.36. The van der Waals surface area contributed by atoms with Crippen LogP contribution in [0.15, 0.2) is 53.8 Å². The van der Waals surface area contributed by atoms with Gasteiger partial charge in [-0.25, -0.2) is 4.79 Å². The van der Waals surface area contributed by atoms with Gasteiger partial charge < -0.3 is 9.64 Å². The van der Waals surface area contributed by atoms with E-state index in [1.807, 2.05) is 69.4 Å². The number of allylic oxidation sites excluding steroid dienone is 2. The molecule has 0 N–H and O–H groups in total. The molecule has 1 aromatic carbocycles. The largest absolute Gasteiger partial charge is 0.444 e. The van der Waals surface area contributed by atoms with Crippen molar-refractivity contribution in [3.63, 3.8) is 0 Å². The molecule has 0 spiro atoms. The van der Waals surface area contributed by atoms with Crippen LogP contribution in [0.3, 0.4) is 0 Å². The summed E-state index contributed by atoms with van der Waals surface area (Å²) in [5.41, 5.74) is 5.67. The lowest BCUT2D eigenvalue weighted by atomic mass is 9.76. The molecule has 2 aliphatic rings. The van der Waals surface area contributed by atoms with E-state index in [9.17, 15) is 4.79 Å². The summed E-state index contributed by atoms with van der Waals surface area (Å²) in [5.74, 6) is 0.527. The SMILES string of the molecule is C/C=C\N=C/CCCCC1=Cc2cc(Cl)ccc2C(C2CCN(C(=O)OC(C)(C)C)CC2)c2ncccc21. The lowest BCUT2D eigenvalue weighted by molar-refractivity contribution is 0.0178. The topological polar surface area (TPSA) is 54.8 Å². The molecule has 1 aromatic heterocycles. The van der Waals surface area contributed by atoms with Crippen LogP contribution in [0.1, 0.15) is 94.5 Å². The van der Waals surface area contributed by atoms with Crippen LogP contribution in [0.2, 0.25) is 5.02 Å². The van der Waals surface area contributed by atoms with Gasteiger partial charge in [0.2, 0.25) is 0 Å². The quantitative estimate of drug-likeness (QED) is 0.264. The Morgan fingerprint density at radius 1 is 1.21 bits per heavy atom. The molecule has 1 atom stereocenters. The fourth-order valence-corrected chi connectivity index (χ4v) is 5.68. The first-order valence-corrected chi connectivity index (χ1v) is 14.2. The van der Waals surface area contributed by atoms with Crippen molar-refractivity contribution in [3.8, 4) is 0 Å². The monoisotopic (exact) mass is 533 g/mol. The van der Waals surface area contributed by atoms with E-state index in [2.05, 4.69) is 29.3 Å². The number of nitrogens with zero attached hydrogens (tertiary/aromatic N) is 3. The van der Waals surface area contributed by atoms with E-state index in [0.717, 1.165) is 49.2 Å². The van der Waals surface area contributed by atoms with Gasteiger partial charge in [0.15, 0.2) is 0 Å². The maximum Gasteiger partial charge on any atom is 0.410 e. The number of hydrogen-bond acceptors (Lipinski definition) is 4. The molecule has 1 amide bonds. The number of hydrogen-bond donors (Lipinski definition) is 0. The van der Waals surface area contributed by atoms with Crippen LogP contribution in [-0.2, 0) is 4.74 Å². The third kappa shape index (κ3) is 7.13. The van der Waals surface area contributed by atoms with Crippen molar-refractivity contribution < 1.29 is 9.53 Å². The Morgan fingerprint density at radius 2 is 2.00 bits per heavy atom. The molecule has 1 unspecified atom stereocenters. The zero-order valence-corrected chi connectivity index (χ0v) is 23.9. The van der Waals surface area contributed by atoms with Crippen LogP contribution in [0.4, 0.5) is 4.79 Å². The van der Waals surface area contributed by atoms with Gasteiger partial charge in [-0.15, -0.1) is 0 Å². The Hall–Kier alpha value is -2.92. The normalized spacial score (nSPS) is 18.3. The molecule has 0 bridgehead atoms. The van der Waals surface area contributed by atoms with Crippen LogP contribution >= 0.6 is 11.6 Å². The Labute approximate surface area is 232 Å². The Bertz CT molecular complexity index is 1200. The van der Waals surface area contributed by atoms with Gasteiger partial charge in [-0.2, -0.15) is 0 Å². The summed E-state index contributed by atoms with van der Waals surface area (Å²) in [5, 5.41) is 0.747. The van der Waals surface area contributed by atoms with E-state index < -0.39 is 5.60 Å². The van der Waals surface area contributed by atoms with Gasteiger partial charge in [0.05, 0.1) is 5.69 Å². The Kier molecular flexibility index (Phi) is 9.43. The van der Waals surface area contributed by atoms with Crippen molar-refractivity contribution in [2.45, 2.75) is 77.7 Å². The minimum absolute atomic E-state index is 0.154. The predicted octanol–water partition coefficient (Wildman–Crippen LogP) is 8.53. The van der Waals surface area contributed by atoms with Gasteiger partial charge in [0.25, 0.3) is 0 Å². The molecule has 202 valence electrons. The van der Waals surface area contributed by atoms with Crippen molar-refractivity contribution in [1.29, 1.82) is 0 Å². The second kappa shape index (κ2) is 12.8. The standard InChI is InChI=1S/C32H40ClN3O2/c1-5-16-34-17-8-6-7-10-24-21-25-22-26(33)12-13-27(25)29(30-28(24)11-9-18-35-30)23-14-19-36(20-15-23)31(37)38-32(2,3)4/h5,9,11-13,16-18,21-23,29H,6-8,10,14-15,19-20H2,1-4H3/b16-5-,34-17-. The smallest absolute Gasteiger partial charge is 0.410 e. The van der Waals surface area contributed by atoms with Gasteiger partial charge in [0, 0.05) is 42.6 Å². The lowest BCUT2D eigenvalue weighted by Crippen LogP contribution is -2.42. The average molecular weight is 534 g/mol. The molecular weight excluding hydrogens is 494 g/mol. The lowest BCUT2D eigenvalue weighted by Gasteiger charge is -2.37. The molecule has 0 radical (unpaired) electrons. The van der Waals surface area contributed by atoms with E-state index in [0.29, 0.717) is 19.0 Å². The predicted molar refractivity (Wildman–Crippen MR) is 158 cm³/mol. The molecule has 5 nitrogen and oxygen atoms in total. The van der Waals surface area contributed by atoms with Crippen LogP contribution in [0.5, 0.6) is 0 Å². The molecule has 1 aliphatic heterocycles. The molecule has 1 saturated heterocycles. The number of ether oxygens (including phenoxy) is 1. The van der Waals surface area contributed by atoms with E-state index in [1.54, 1.807) is 0 Å². The maximum atomic E-state index is 12.7. The zero-order valence-electron chi connectivity index (χ0n) is 23.1. The summed E-state index contributed by atoms with van der Waals surface area (Å²) in [4.78, 5) is 23.8. The maximum absolute atomic E-state index is 12.7. The minimum Gasteiger partial charge on any atom is -0.444 e. The fourth-order valence-electron chi connectivity index (χ4n) is 5.50.